The third-order valence-electron chi connectivity index (χ3n) is 7.31. The highest BCUT2D eigenvalue weighted by atomic mass is 16.5. The standard InChI is InChI=1S/C32H26N4O5/c1-37-21-10-12-22(13-11-21)40-17-27-34-31-29-28(20-9-15-25(38-2)26(16-20)39-3)24-14-8-19-6-4-5-7-23(19)30(24)41-32(29)33-18-36(31)35-27/h4-16,18,28H,17H2,1-3H3/t28-/m1/s1. The number of hydrogen-bond acceptors (Lipinski definition) is 8. The summed E-state index contributed by atoms with van der Waals surface area (Å²) in [5.74, 6) is 4.26. The van der Waals surface area contributed by atoms with Gasteiger partial charge in [0.1, 0.15) is 30.2 Å². The predicted octanol–water partition coefficient (Wildman–Crippen LogP) is 6.17. The molecule has 6 aromatic rings. The van der Waals surface area contributed by atoms with Gasteiger partial charge in [-0.1, -0.05) is 42.5 Å². The maximum atomic E-state index is 6.52. The molecule has 2 aromatic heterocycles. The molecule has 0 saturated heterocycles. The van der Waals surface area contributed by atoms with Crippen LogP contribution in [0.4, 0.5) is 0 Å². The van der Waals surface area contributed by atoms with Crippen LogP contribution < -0.4 is 23.7 Å². The van der Waals surface area contributed by atoms with Gasteiger partial charge in [0.15, 0.2) is 23.0 Å². The van der Waals surface area contributed by atoms with Crippen LogP contribution in [0, 0.1) is 0 Å². The summed E-state index contributed by atoms with van der Waals surface area (Å²) in [5, 5.41) is 6.76. The minimum atomic E-state index is -0.256. The molecular weight excluding hydrogens is 520 g/mol. The lowest BCUT2D eigenvalue weighted by molar-refractivity contribution is 0.295. The van der Waals surface area contributed by atoms with Crippen molar-refractivity contribution in [3.05, 3.63) is 108 Å². The predicted molar refractivity (Wildman–Crippen MR) is 153 cm³/mol. The van der Waals surface area contributed by atoms with E-state index in [1.165, 1.54) is 0 Å². The van der Waals surface area contributed by atoms with E-state index in [4.69, 9.17) is 28.7 Å². The molecule has 1 atom stereocenters. The number of benzene rings is 4. The van der Waals surface area contributed by atoms with Crippen molar-refractivity contribution in [2.24, 2.45) is 0 Å². The highest BCUT2D eigenvalue weighted by Crippen LogP contribution is 2.51. The summed E-state index contributed by atoms with van der Waals surface area (Å²) in [6.45, 7) is 0.186. The third kappa shape index (κ3) is 4.22. The van der Waals surface area contributed by atoms with Crippen LogP contribution in [0.25, 0.3) is 16.4 Å². The van der Waals surface area contributed by atoms with Gasteiger partial charge in [-0.2, -0.15) is 0 Å². The van der Waals surface area contributed by atoms with Gasteiger partial charge in [-0.3, -0.25) is 0 Å². The van der Waals surface area contributed by atoms with Crippen molar-refractivity contribution in [1.82, 2.24) is 19.6 Å². The van der Waals surface area contributed by atoms with Crippen LogP contribution in [0.15, 0.2) is 85.2 Å². The molecule has 9 nitrogen and oxygen atoms in total. The lowest BCUT2D eigenvalue weighted by Gasteiger charge is -2.29. The quantitative estimate of drug-likeness (QED) is 0.235. The van der Waals surface area contributed by atoms with Gasteiger partial charge in [-0.05, 0) is 47.3 Å². The first-order valence-corrected chi connectivity index (χ1v) is 13.1. The summed E-state index contributed by atoms with van der Waals surface area (Å²) in [4.78, 5) is 9.57. The average Bonchev–Trinajstić information content (AvgIpc) is 3.46. The molecular formula is C32H26N4O5. The molecule has 41 heavy (non-hydrogen) atoms. The average molecular weight is 547 g/mol. The van der Waals surface area contributed by atoms with Crippen LogP contribution in [0.5, 0.6) is 34.6 Å². The molecule has 1 aliphatic rings. The highest BCUT2D eigenvalue weighted by molar-refractivity contribution is 5.91. The zero-order valence-corrected chi connectivity index (χ0v) is 22.7. The molecule has 4 aromatic carbocycles. The molecule has 0 N–H and O–H groups in total. The van der Waals surface area contributed by atoms with E-state index in [1.54, 1.807) is 32.2 Å². The second kappa shape index (κ2) is 10.0. The van der Waals surface area contributed by atoms with Gasteiger partial charge in [-0.15, -0.1) is 5.10 Å². The second-order valence-corrected chi connectivity index (χ2v) is 9.58. The topological polar surface area (TPSA) is 89.2 Å². The lowest BCUT2D eigenvalue weighted by Crippen LogP contribution is -2.15. The van der Waals surface area contributed by atoms with Crippen LogP contribution in [0.3, 0.4) is 0 Å². The van der Waals surface area contributed by atoms with Gasteiger partial charge in [0.25, 0.3) is 0 Å². The van der Waals surface area contributed by atoms with E-state index >= 15 is 0 Å². The van der Waals surface area contributed by atoms with E-state index in [0.29, 0.717) is 34.6 Å². The van der Waals surface area contributed by atoms with E-state index in [9.17, 15) is 0 Å². The van der Waals surface area contributed by atoms with Crippen LogP contribution in [-0.4, -0.2) is 40.9 Å². The number of methoxy groups -OCH3 is 3. The summed E-state index contributed by atoms with van der Waals surface area (Å²) >= 11 is 0. The smallest absolute Gasteiger partial charge is 0.228 e. The van der Waals surface area contributed by atoms with E-state index in [-0.39, 0.29) is 12.5 Å². The van der Waals surface area contributed by atoms with E-state index in [2.05, 4.69) is 34.3 Å². The van der Waals surface area contributed by atoms with Crippen molar-refractivity contribution >= 4 is 16.4 Å². The fraction of sp³-hybridized carbons (Fsp3) is 0.156. The molecule has 204 valence electrons. The number of ether oxygens (including phenoxy) is 5. The van der Waals surface area contributed by atoms with Gasteiger partial charge >= 0.3 is 0 Å². The van der Waals surface area contributed by atoms with Crippen molar-refractivity contribution in [2.75, 3.05) is 21.3 Å². The van der Waals surface area contributed by atoms with E-state index < -0.39 is 0 Å². The van der Waals surface area contributed by atoms with Gasteiger partial charge in [0.05, 0.1) is 26.9 Å². The van der Waals surface area contributed by atoms with Crippen LogP contribution in [0.1, 0.15) is 28.4 Å². The SMILES string of the molecule is COc1ccc(OCc2nc3c4c(ncn3n2)Oc2c(ccc3ccccc23)[C@H]4c2ccc(OC)c(OC)c2)cc1. The summed E-state index contributed by atoms with van der Waals surface area (Å²) in [6, 6.07) is 25.7. The Labute approximate surface area is 235 Å². The lowest BCUT2D eigenvalue weighted by atomic mass is 9.82. The fourth-order valence-electron chi connectivity index (χ4n) is 5.35. The summed E-state index contributed by atoms with van der Waals surface area (Å²) in [7, 11) is 4.89. The molecule has 1 aliphatic heterocycles. The van der Waals surface area contributed by atoms with E-state index in [0.717, 1.165) is 39.0 Å². The monoisotopic (exact) mass is 546 g/mol. The van der Waals surface area contributed by atoms with E-state index in [1.807, 2.05) is 54.6 Å². The molecule has 7 rings (SSSR count). The van der Waals surface area contributed by atoms with Crippen molar-refractivity contribution in [2.45, 2.75) is 12.5 Å². The van der Waals surface area contributed by atoms with Crippen molar-refractivity contribution in [3.63, 3.8) is 0 Å². The summed E-state index contributed by atoms with van der Waals surface area (Å²) in [6.07, 6.45) is 1.62. The minimum Gasteiger partial charge on any atom is -0.497 e. The zero-order chi connectivity index (χ0) is 27.9. The summed E-state index contributed by atoms with van der Waals surface area (Å²) < 4.78 is 30.6. The van der Waals surface area contributed by atoms with Gasteiger partial charge < -0.3 is 23.7 Å². The van der Waals surface area contributed by atoms with Crippen molar-refractivity contribution in [3.8, 4) is 34.6 Å². The molecule has 0 unspecified atom stereocenters. The Hall–Kier alpha value is -5.31. The molecule has 0 fully saturated rings. The minimum absolute atomic E-state index is 0.186. The Morgan fingerprint density at radius 3 is 2.44 bits per heavy atom. The largest absolute Gasteiger partial charge is 0.497 e. The number of aromatic nitrogens is 4. The van der Waals surface area contributed by atoms with Gasteiger partial charge in [0, 0.05) is 16.9 Å². The summed E-state index contributed by atoms with van der Waals surface area (Å²) in [5.41, 5.74) is 3.43. The molecule has 0 bridgehead atoms. The maximum absolute atomic E-state index is 6.52. The molecule has 0 spiro atoms. The Balaban J connectivity index is 1.36. The van der Waals surface area contributed by atoms with Gasteiger partial charge in [-0.25, -0.2) is 14.5 Å². The first-order chi connectivity index (χ1) is 20.2. The van der Waals surface area contributed by atoms with Crippen LogP contribution in [0.2, 0.25) is 0 Å². The normalized spacial score (nSPS) is 13.8. The second-order valence-electron chi connectivity index (χ2n) is 9.58. The number of fused-ring (bicyclic) bond motifs is 6. The number of nitrogens with zero attached hydrogens (tertiary/aromatic N) is 4. The fourth-order valence-corrected chi connectivity index (χ4v) is 5.35. The maximum Gasteiger partial charge on any atom is 0.228 e. The van der Waals surface area contributed by atoms with Crippen LogP contribution in [-0.2, 0) is 6.61 Å². The number of rotatable bonds is 7. The number of hydrogen-bond donors (Lipinski definition) is 0. The van der Waals surface area contributed by atoms with Gasteiger partial charge in [0.2, 0.25) is 5.88 Å². The molecule has 3 heterocycles. The Morgan fingerprint density at radius 1 is 0.829 bits per heavy atom. The molecule has 0 aliphatic carbocycles. The Bertz CT molecular complexity index is 1900. The first-order valence-electron chi connectivity index (χ1n) is 13.1. The zero-order valence-electron chi connectivity index (χ0n) is 22.7. The highest BCUT2D eigenvalue weighted by Gasteiger charge is 2.34. The molecule has 9 heteroatoms. The van der Waals surface area contributed by atoms with Crippen LogP contribution >= 0.6 is 0 Å². The first kappa shape index (κ1) is 24.7. The third-order valence-corrected chi connectivity index (χ3v) is 7.31. The molecule has 0 saturated carbocycles. The van der Waals surface area contributed by atoms with Crippen molar-refractivity contribution in [1.29, 1.82) is 0 Å². The van der Waals surface area contributed by atoms with Crippen molar-refractivity contribution < 1.29 is 23.7 Å². The molecule has 0 radical (unpaired) electrons. The Morgan fingerprint density at radius 2 is 1.63 bits per heavy atom. The molecule has 0 amide bonds. The Kier molecular flexibility index (Phi) is 6.04.